The van der Waals surface area contributed by atoms with Gasteiger partial charge in [-0.15, -0.1) is 0 Å². The minimum Gasteiger partial charge on any atom is -0.481 e. The molecule has 0 unspecified atom stereocenters. The maximum atomic E-state index is 14.4. The van der Waals surface area contributed by atoms with Crippen molar-refractivity contribution in [2.24, 2.45) is 10.8 Å². The smallest absolute Gasteiger partial charge is 0.433 e. The van der Waals surface area contributed by atoms with Gasteiger partial charge >= 0.3 is 18.8 Å². The largest absolute Gasteiger partial charge is 0.481 e. The number of aromatic nitrogens is 2. The second-order valence-electron chi connectivity index (χ2n) is 11.6. The fraction of sp³-hybridized carbons (Fsp3) is 0.556. The third-order valence-corrected chi connectivity index (χ3v) is 7.29. The number of hydrogen-bond donors (Lipinski definition) is 1. The van der Waals surface area contributed by atoms with Crippen molar-refractivity contribution in [2.75, 3.05) is 13.1 Å². The Hall–Kier alpha value is -3.22. The van der Waals surface area contributed by atoms with Crippen LogP contribution in [0.2, 0.25) is 5.02 Å². The number of rotatable bonds is 9. The van der Waals surface area contributed by atoms with Gasteiger partial charge in [-0.25, -0.2) is 0 Å². The second-order valence-corrected chi connectivity index (χ2v) is 12.0. The summed E-state index contributed by atoms with van der Waals surface area (Å²) in [5.74, 6) is -3.62. The molecule has 1 N–H and O–H groups in total. The Morgan fingerprint density at radius 2 is 1.80 bits per heavy atom. The van der Waals surface area contributed by atoms with Gasteiger partial charge < -0.3 is 14.7 Å². The second kappa shape index (κ2) is 11.9. The van der Waals surface area contributed by atoms with Gasteiger partial charge in [-0.05, 0) is 50.2 Å². The number of ether oxygens (including phenoxy) is 1. The lowest BCUT2D eigenvalue weighted by Gasteiger charge is -2.34. The first-order valence-corrected chi connectivity index (χ1v) is 13.2. The van der Waals surface area contributed by atoms with Crippen molar-refractivity contribution in [1.82, 2.24) is 14.7 Å². The molecule has 8 nitrogen and oxygen atoms in total. The van der Waals surface area contributed by atoms with E-state index in [0.717, 1.165) is 17.2 Å². The van der Waals surface area contributed by atoms with Gasteiger partial charge in [0, 0.05) is 6.54 Å². The fourth-order valence-corrected chi connectivity index (χ4v) is 5.21. The Kier molecular flexibility index (Phi) is 9.41. The van der Waals surface area contributed by atoms with Gasteiger partial charge in [0.05, 0.1) is 40.3 Å². The van der Waals surface area contributed by atoms with Gasteiger partial charge in [-0.1, -0.05) is 38.4 Å². The molecule has 1 aromatic heterocycles. The first-order valence-electron chi connectivity index (χ1n) is 12.8. The van der Waals surface area contributed by atoms with Gasteiger partial charge in [-0.2, -0.15) is 27.1 Å². The van der Waals surface area contributed by atoms with Crippen LogP contribution in [0.5, 0.6) is 5.75 Å². The van der Waals surface area contributed by atoms with E-state index >= 15 is 0 Å². The summed E-state index contributed by atoms with van der Waals surface area (Å²) in [5, 5.41) is 13.1. The molecular formula is C27H31ClF5N3O5. The van der Waals surface area contributed by atoms with Crippen LogP contribution < -0.4 is 4.74 Å². The van der Waals surface area contributed by atoms with E-state index in [-0.39, 0.29) is 37.3 Å². The predicted octanol–water partition coefficient (Wildman–Crippen LogP) is 6.73. The molecule has 0 radical (unpaired) electrons. The highest BCUT2D eigenvalue weighted by Gasteiger charge is 2.45. The minimum atomic E-state index is -5.01. The molecule has 2 aromatic rings. The zero-order valence-corrected chi connectivity index (χ0v) is 23.7. The molecule has 1 heterocycles. The summed E-state index contributed by atoms with van der Waals surface area (Å²) in [6.07, 6.45) is -3.77. The average Bonchev–Trinajstić information content (AvgIpc) is 3.28. The van der Waals surface area contributed by atoms with Crippen LogP contribution in [0.25, 0.3) is 0 Å². The molecule has 1 saturated carbocycles. The lowest BCUT2D eigenvalue weighted by molar-refractivity contribution is -0.152. The highest BCUT2D eigenvalue weighted by Crippen LogP contribution is 2.43. The van der Waals surface area contributed by atoms with E-state index in [9.17, 15) is 41.4 Å². The molecule has 1 fully saturated rings. The summed E-state index contributed by atoms with van der Waals surface area (Å²) in [6, 6.07) is 2.83. The van der Waals surface area contributed by atoms with Gasteiger partial charge in [0.2, 0.25) is 0 Å². The van der Waals surface area contributed by atoms with Crippen molar-refractivity contribution in [3.8, 4) is 5.75 Å². The number of amides is 1. The van der Waals surface area contributed by atoms with Crippen molar-refractivity contribution < 1.29 is 46.2 Å². The molecule has 3 rings (SSSR count). The summed E-state index contributed by atoms with van der Waals surface area (Å²) in [6.45, 7) is 2.42. The van der Waals surface area contributed by atoms with Crippen LogP contribution in [-0.4, -0.2) is 57.1 Å². The van der Waals surface area contributed by atoms with E-state index in [4.69, 9.17) is 11.6 Å². The van der Waals surface area contributed by atoms with E-state index < -0.39 is 76.4 Å². The number of ketones is 1. The summed E-state index contributed by atoms with van der Waals surface area (Å²) in [4.78, 5) is 39.4. The SMILES string of the molecule is CC(C)(C)CN(CC(=O)c1c(Cl)cccc1OC(F)F)C(=O)c1cnn(C2CCC(C)(C(=O)O)CC2)c1C(F)(F)F. The van der Waals surface area contributed by atoms with Gasteiger partial charge in [0.15, 0.2) is 11.5 Å². The fourth-order valence-electron chi connectivity index (χ4n) is 4.94. The summed E-state index contributed by atoms with van der Waals surface area (Å²) in [7, 11) is 0. The number of carboxylic acid groups (broad SMARTS) is 1. The molecule has 1 aromatic carbocycles. The molecule has 0 spiro atoms. The number of benzene rings is 1. The zero-order chi connectivity index (χ0) is 30.9. The molecule has 41 heavy (non-hydrogen) atoms. The molecule has 1 aliphatic rings. The molecule has 0 bridgehead atoms. The van der Waals surface area contributed by atoms with Crippen LogP contribution in [0.3, 0.4) is 0 Å². The highest BCUT2D eigenvalue weighted by molar-refractivity contribution is 6.34. The number of nitrogens with zero attached hydrogens (tertiary/aromatic N) is 3. The van der Waals surface area contributed by atoms with E-state index in [1.165, 1.54) is 19.1 Å². The summed E-state index contributed by atoms with van der Waals surface area (Å²) in [5.41, 5.74) is -4.29. The third kappa shape index (κ3) is 7.55. The number of carboxylic acids is 1. The summed E-state index contributed by atoms with van der Waals surface area (Å²) < 4.78 is 74.2. The molecule has 226 valence electrons. The topological polar surface area (TPSA) is 102 Å². The van der Waals surface area contributed by atoms with Gasteiger partial charge in [0.25, 0.3) is 5.91 Å². The molecule has 0 saturated heterocycles. The number of alkyl halides is 5. The van der Waals surface area contributed by atoms with E-state index in [1.807, 2.05) is 0 Å². The lowest BCUT2D eigenvalue weighted by atomic mass is 9.74. The van der Waals surface area contributed by atoms with Crippen LogP contribution in [0, 0.1) is 10.8 Å². The van der Waals surface area contributed by atoms with Gasteiger partial charge in [-0.3, -0.25) is 19.1 Å². The van der Waals surface area contributed by atoms with Crippen LogP contribution in [0.4, 0.5) is 22.0 Å². The van der Waals surface area contributed by atoms with Crippen LogP contribution in [0.15, 0.2) is 24.4 Å². The number of Topliss-reactive ketones (excluding diaryl/α,β-unsaturated/α-hetero) is 1. The third-order valence-electron chi connectivity index (χ3n) is 6.97. The Balaban J connectivity index is 1.99. The van der Waals surface area contributed by atoms with Crippen LogP contribution >= 0.6 is 11.6 Å². The van der Waals surface area contributed by atoms with Crippen molar-refractivity contribution in [3.05, 3.63) is 46.2 Å². The molecular weight excluding hydrogens is 577 g/mol. The first-order chi connectivity index (χ1) is 18.8. The average molecular weight is 608 g/mol. The molecule has 0 aliphatic heterocycles. The van der Waals surface area contributed by atoms with Crippen molar-refractivity contribution in [3.63, 3.8) is 0 Å². The van der Waals surface area contributed by atoms with Crippen molar-refractivity contribution in [2.45, 2.75) is 72.2 Å². The molecule has 0 atom stereocenters. The Labute approximate surface area is 238 Å². The molecule has 14 heteroatoms. The van der Waals surface area contributed by atoms with Crippen LogP contribution in [0.1, 0.15) is 85.8 Å². The van der Waals surface area contributed by atoms with Crippen molar-refractivity contribution >= 4 is 29.3 Å². The number of halogens is 6. The maximum Gasteiger partial charge on any atom is 0.433 e. The lowest BCUT2D eigenvalue weighted by Crippen LogP contribution is -2.42. The summed E-state index contributed by atoms with van der Waals surface area (Å²) >= 11 is 6.09. The highest BCUT2D eigenvalue weighted by atomic mass is 35.5. The minimum absolute atomic E-state index is 0.102. The first kappa shape index (κ1) is 32.3. The molecule has 1 amide bonds. The monoisotopic (exact) mass is 607 g/mol. The van der Waals surface area contributed by atoms with E-state index in [0.29, 0.717) is 4.68 Å². The predicted molar refractivity (Wildman–Crippen MR) is 138 cm³/mol. The van der Waals surface area contributed by atoms with Gasteiger partial charge in [0.1, 0.15) is 5.75 Å². The number of carbonyl (C=O) groups excluding carboxylic acids is 2. The number of carbonyl (C=O) groups is 3. The Morgan fingerprint density at radius 3 is 2.32 bits per heavy atom. The maximum absolute atomic E-state index is 14.4. The Bertz CT molecular complexity index is 1300. The Morgan fingerprint density at radius 1 is 1.20 bits per heavy atom. The van der Waals surface area contributed by atoms with E-state index in [2.05, 4.69) is 9.84 Å². The molecule has 1 aliphatic carbocycles. The number of aliphatic carboxylic acids is 1. The normalized spacial score (nSPS) is 19.7. The van der Waals surface area contributed by atoms with E-state index in [1.54, 1.807) is 20.8 Å². The number of hydrogen-bond acceptors (Lipinski definition) is 5. The van der Waals surface area contributed by atoms with Crippen molar-refractivity contribution in [1.29, 1.82) is 0 Å². The quantitative estimate of drug-likeness (QED) is 0.250. The standard InChI is InChI=1S/C27H31ClF5N3O5/c1-25(2,3)14-35(13-18(37)20-17(28)6-5-7-19(20)41-24(29)30)22(38)16-12-34-36(21(16)27(31,32)33)15-8-10-26(4,11-9-15)23(39)40/h5-7,12,15,24H,8-11,13-14H2,1-4H3,(H,39,40). The zero-order valence-electron chi connectivity index (χ0n) is 22.9. The van der Waals surface area contributed by atoms with Crippen LogP contribution in [-0.2, 0) is 11.0 Å².